The summed E-state index contributed by atoms with van der Waals surface area (Å²) in [6, 6.07) is 5.68. The van der Waals surface area contributed by atoms with Crippen molar-refractivity contribution in [2.45, 2.75) is 33.0 Å². The van der Waals surface area contributed by atoms with Crippen LogP contribution < -0.4 is 0 Å². The number of hydrogen-bond acceptors (Lipinski definition) is 2. The zero-order chi connectivity index (χ0) is 15.8. The lowest BCUT2D eigenvalue weighted by molar-refractivity contribution is -0.227. The van der Waals surface area contributed by atoms with Gasteiger partial charge >= 0.3 is 12.1 Å². The molecule has 0 radical (unpaired) electrons. The predicted octanol–water partition coefficient (Wildman–Crippen LogP) is 3.14. The topological polar surface area (TPSA) is 40.5 Å². The van der Waals surface area contributed by atoms with E-state index in [2.05, 4.69) is 0 Å². The van der Waals surface area contributed by atoms with Crippen molar-refractivity contribution in [3.8, 4) is 0 Å². The molecule has 0 spiro atoms. The van der Waals surface area contributed by atoms with Crippen LogP contribution in [-0.4, -0.2) is 35.2 Å². The Kier molecular flexibility index (Phi) is 4.02. The van der Waals surface area contributed by atoms with Crippen LogP contribution in [0.25, 0.3) is 0 Å². The SMILES string of the molecule is Cc1cccc(CN2CCC(C(=O)O)(C(F)(F)F)C2)c1C. The molecule has 1 aliphatic rings. The molecule has 1 unspecified atom stereocenters. The minimum Gasteiger partial charge on any atom is -0.481 e. The molecule has 0 amide bonds. The number of hydrogen-bond donors (Lipinski definition) is 1. The van der Waals surface area contributed by atoms with E-state index >= 15 is 0 Å². The Labute approximate surface area is 121 Å². The number of aliphatic carboxylic acids is 1. The first kappa shape index (κ1) is 15.8. The summed E-state index contributed by atoms with van der Waals surface area (Å²) in [6.45, 7) is 3.87. The molecular formula is C15H18F3NO2. The van der Waals surface area contributed by atoms with Gasteiger partial charge in [-0.3, -0.25) is 9.69 Å². The first-order valence-electron chi connectivity index (χ1n) is 6.75. The van der Waals surface area contributed by atoms with E-state index in [0.717, 1.165) is 16.7 Å². The fourth-order valence-electron chi connectivity index (χ4n) is 2.78. The Bertz CT molecular complexity index is 556. The van der Waals surface area contributed by atoms with Crippen molar-refractivity contribution in [1.29, 1.82) is 0 Å². The number of carboxylic acids is 1. The Morgan fingerprint density at radius 3 is 2.57 bits per heavy atom. The maximum Gasteiger partial charge on any atom is 0.406 e. The van der Waals surface area contributed by atoms with Crippen molar-refractivity contribution in [3.05, 3.63) is 34.9 Å². The van der Waals surface area contributed by atoms with Crippen LogP contribution in [0.2, 0.25) is 0 Å². The van der Waals surface area contributed by atoms with E-state index in [1.54, 1.807) is 4.90 Å². The van der Waals surface area contributed by atoms with Gasteiger partial charge in [0.2, 0.25) is 0 Å². The summed E-state index contributed by atoms with van der Waals surface area (Å²) in [6.07, 6.45) is -5.12. The molecule has 1 heterocycles. The number of nitrogens with zero attached hydrogens (tertiary/aromatic N) is 1. The van der Waals surface area contributed by atoms with E-state index in [-0.39, 0.29) is 6.54 Å². The van der Waals surface area contributed by atoms with Crippen LogP contribution in [0.15, 0.2) is 18.2 Å². The van der Waals surface area contributed by atoms with Crippen LogP contribution in [0.4, 0.5) is 13.2 Å². The van der Waals surface area contributed by atoms with Crippen LogP contribution in [-0.2, 0) is 11.3 Å². The number of likely N-dealkylation sites (tertiary alicyclic amines) is 1. The maximum absolute atomic E-state index is 13.1. The molecule has 1 aromatic rings. The molecular weight excluding hydrogens is 283 g/mol. The van der Waals surface area contributed by atoms with Gasteiger partial charge in [0, 0.05) is 19.6 Å². The fourth-order valence-corrected chi connectivity index (χ4v) is 2.78. The highest BCUT2D eigenvalue weighted by Gasteiger charge is 2.63. The van der Waals surface area contributed by atoms with Gasteiger partial charge in [0.05, 0.1) is 0 Å². The van der Waals surface area contributed by atoms with Crippen molar-refractivity contribution < 1.29 is 23.1 Å². The summed E-state index contributed by atoms with van der Waals surface area (Å²) >= 11 is 0. The summed E-state index contributed by atoms with van der Waals surface area (Å²) in [5.74, 6) is -1.78. The molecule has 1 aliphatic heterocycles. The average Bonchev–Trinajstić information content (AvgIpc) is 2.80. The number of halogens is 3. The molecule has 3 nitrogen and oxygen atoms in total. The summed E-state index contributed by atoms with van der Waals surface area (Å²) in [5.41, 5.74) is 0.424. The molecule has 0 aliphatic carbocycles. The molecule has 2 rings (SSSR count). The van der Waals surface area contributed by atoms with E-state index in [1.165, 1.54) is 0 Å². The van der Waals surface area contributed by atoms with Crippen molar-refractivity contribution in [2.75, 3.05) is 13.1 Å². The largest absolute Gasteiger partial charge is 0.481 e. The predicted molar refractivity (Wildman–Crippen MR) is 71.9 cm³/mol. The van der Waals surface area contributed by atoms with Gasteiger partial charge in [0.1, 0.15) is 0 Å². The highest BCUT2D eigenvalue weighted by Crippen LogP contribution is 2.46. The Morgan fingerprint density at radius 2 is 2.05 bits per heavy atom. The molecule has 1 aromatic carbocycles. The zero-order valence-electron chi connectivity index (χ0n) is 12.0. The van der Waals surface area contributed by atoms with E-state index < -0.39 is 30.5 Å². The first-order valence-corrected chi connectivity index (χ1v) is 6.75. The summed E-state index contributed by atoms with van der Waals surface area (Å²) in [5, 5.41) is 9.04. The standard InChI is InChI=1S/C15H18F3NO2/c1-10-4-3-5-12(11(10)2)8-19-7-6-14(9-19,13(20)21)15(16,17)18/h3-5H,6-9H2,1-2H3,(H,20,21). The molecule has 21 heavy (non-hydrogen) atoms. The third-order valence-electron chi connectivity index (χ3n) is 4.41. The van der Waals surface area contributed by atoms with Crippen LogP contribution in [0, 0.1) is 19.3 Å². The fraction of sp³-hybridized carbons (Fsp3) is 0.533. The van der Waals surface area contributed by atoms with Crippen molar-refractivity contribution in [3.63, 3.8) is 0 Å². The monoisotopic (exact) mass is 301 g/mol. The molecule has 0 bridgehead atoms. The number of carbonyl (C=O) groups is 1. The summed E-state index contributed by atoms with van der Waals surface area (Å²) in [4.78, 5) is 12.7. The number of benzene rings is 1. The molecule has 0 saturated carbocycles. The molecule has 1 saturated heterocycles. The molecule has 1 atom stereocenters. The van der Waals surface area contributed by atoms with E-state index in [1.807, 2.05) is 32.0 Å². The lowest BCUT2D eigenvalue weighted by Gasteiger charge is -2.27. The van der Waals surface area contributed by atoms with Crippen LogP contribution in [0.3, 0.4) is 0 Å². The molecule has 0 aromatic heterocycles. The van der Waals surface area contributed by atoms with Crippen LogP contribution in [0.5, 0.6) is 0 Å². The van der Waals surface area contributed by atoms with Crippen LogP contribution >= 0.6 is 0 Å². The van der Waals surface area contributed by atoms with Crippen molar-refractivity contribution in [2.24, 2.45) is 5.41 Å². The number of rotatable bonds is 3. The van der Waals surface area contributed by atoms with Crippen molar-refractivity contribution >= 4 is 5.97 Å². The van der Waals surface area contributed by atoms with Gasteiger partial charge in [-0.2, -0.15) is 13.2 Å². The molecule has 1 fully saturated rings. The Hall–Kier alpha value is -1.56. The van der Waals surface area contributed by atoms with Gasteiger partial charge in [0.15, 0.2) is 5.41 Å². The second kappa shape index (κ2) is 5.33. The normalized spacial score (nSPS) is 23.5. The minimum atomic E-state index is -4.73. The van der Waals surface area contributed by atoms with Crippen molar-refractivity contribution in [1.82, 2.24) is 4.90 Å². The lowest BCUT2D eigenvalue weighted by atomic mass is 9.86. The van der Waals surface area contributed by atoms with Crippen LogP contribution in [0.1, 0.15) is 23.1 Å². The Balaban J connectivity index is 2.19. The Morgan fingerprint density at radius 1 is 1.38 bits per heavy atom. The summed E-state index contributed by atoms with van der Waals surface area (Å²) < 4.78 is 39.3. The van der Waals surface area contributed by atoms with Gasteiger partial charge in [0.25, 0.3) is 0 Å². The molecule has 116 valence electrons. The third kappa shape index (κ3) is 2.77. The van der Waals surface area contributed by atoms with Gasteiger partial charge in [-0.05, 0) is 37.0 Å². The first-order chi connectivity index (χ1) is 9.67. The lowest BCUT2D eigenvalue weighted by Crippen LogP contribution is -2.47. The maximum atomic E-state index is 13.1. The average molecular weight is 301 g/mol. The minimum absolute atomic E-state index is 0.138. The van der Waals surface area contributed by atoms with Gasteiger partial charge in [-0.1, -0.05) is 18.2 Å². The third-order valence-corrected chi connectivity index (χ3v) is 4.41. The molecule has 1 N–H and O–H groups in total. The highest BCUT2D eigenvalue weighted by molar-refractivity contribution is 5.76. The highest BCUT2D eigenvalue weighted by atomic mass is 19.4. The molecule has 6 heteroatoms. The second-order valence-corrected chi connectivity index (χ2v) is 5.70. The van der Waals surface area contributed by atoms with Gasteiger partial charge < -0.3 is 5.11 Å². The number of carboxylic acid groups (broad SMARTS) is 1. The van der Waals surface area contributed by atoms with Gasteiger partial charge in [-0.15, -0.1) is 0 Å². The smallest absolute Gasteiger partial charge is 0.406 e. The van der Waals surface area contributed by atoms with E-state index in [0.29, 0.717) is 6.54 Å². The number of alkyl halides is 3. The quantitative estimate of drug-likeness (QED) is 0.932. The number of aryl methyl sites for hydroxylation is 1. The second-order valence-electron chi connectivity index (χ2n) is 5.70. The summed E-state index contributed by atoms with van der Waals surface area (Å²) in [7, 11) is 0. The van der Waals surface area contributed by atoms with E-state index in [4.69, 9.17) is 5.11 Å². The van der Waals surface area contributed by atoms with Gasteiger partial charge in [-0.25, -0.2) is 0 Å². The zero-order valence-corrected chi connectivity index (χ0v) is 12.0. The van der Waals surface area contributed by atoms with E-state index in [9.17, 15) is 18.0 Å².